The number of halogens is 1. The number of rotatable bonds is 6. The van der Waals surface area contributed by atoms with Crippen LogP contribution in [0.2, 0.25) is 5.02 Å². The van der Waals surface area contributed by atoms with Gasteiger partial charge in [0.05, 0.1) is 18.8 Å². The van der Waals surface area contributed by atoms with E-state index in [9.17, 15) is 5.11 Å². The van der Waals surface area contributed by atoms with Crippen LogP contribution in [0.3, 0.4) is 0 Å². The van der Waals surface area contributed by atoms with E-state index in [0.717, 1.165) is 30.4 Å². The van der Waals surface area contributed by atoms with Crippen LogP contribution in [-0.4, -0.2) is 41.1 Å². The van der Waals surface area contributed by atoms with Crippen LogP contribution in [0.25, 0.3) is 0 Å². The van der Waals surface area contributed by atoms with Crippen LogP contribution >= 0.6 is 22.9 Å². The van der Waals surface area contributed by atoms with Gasteiger partial charge in [0.25, 0.3) is 0 Å². The Morgan fingerprint density at radius 1 is 1.37 bits per heavy atom. The van der Waals surface area contributed by atoms with Gasteiger partial charge in [0.1, 0.15) is 11.1 Å². The fourth-order valence-corrected chi connectivity index (χ4v) is 4.71. The molecular formula is C20H27ClN4OS. The number of aliphatic imine (C=N–C) groups is 1. The van der Waals surface area contributed by atoms with E-state index in [-0.39, 0.29) is 6.54 Å². The molecule has 0 bridgehead atoms. The first-order chi connectivity index (χ1) is 13.1. The van der Waals surface area contributed by atoms with E-state index < -0.39 is 6.10 Å². The molecule has 3 rings (SSSR count). The zero-order chi connectivity index (χ0) is 19.2. The third kappa shape index (κ3) is 5.21. The molecule has 146 valence electrons. The molecule has 0 saturated carbocycles. The number of aliphatic hydroxyl groups excluding tert-OH is 1. The van der Waals surface area contributed by atoms with Crippen LogP contribution in [0.15, 0.2) is 29.3 Å². The minimum atomic E-state index is -0.729. The summed E-state index contributed by atoms with van der Waals surface area (Å²) in [6, 6.07) is 7.34. The molecule has 1 aromatic carbocycles. The highest BCUT2D eigenvalue weighted by Gasteiger charge is 2.17. The van der Waals surface area contributed by atoms with E-state index in [1.807, 2.05) is 43.5 Å². The van der Waals surface area contributed by atoms with Crippen LogP contribution in [0.4, 0.5) is 0 Å². The molecule has 7 heteroatoms. The third-order valence-corrected chi connectivity index (χ3v) is 6.12. The Labute approximate surface area is 170 Å². The first kappa shape index (κ1) is 20.1. The van der Waals surface area contributed by atoms with Crippen molar-refractivity contribution in [2.75, 3.05) is 20.1 Å². The van der Waals surface area contributed by atoms with Gasteiger partial charge in [-0.25, -0.2) is 4.98 Å². The normalized spacial score (nSPS) is 15.3. The highest BCUT2D eigenvalue weighted by Crippen LogP contribution is 2.27. The van der Waals surface area contributed by atoms with Crippen molar-refractivity contribution in [3.05, 3.63) is 50.4 Å². The number of fused-ring (bicyclic) bond motifs is 1. The van der Waals surface area contributed by atoms with Crippen molar-refractivity contribution in [2.45, 2.75) is 45.3 Å². The van der Waals surface area contributed by atoms with E-state index in [1.165, 1.54) is 23.4 Å². The molecule has 1 heterocycles. The quantitative estimate of drug-likeness (QED) is 0.565. The van der Waals surface area contributed by atoms with Crippen LogP contribution in [0.5, 0.6) is 0 Å². The number of thiazole rings is 1. The Morgan fingerprint density at radius 3 is 2.89 bits per heavy atom. The molecule has 0 aliphatic heterocycles. The molecule has 0 spiro atoms. The monoisotopic (exact) mass is 406 g/mol. The number of aromatic nitrogens is 1. The van der Waals surface area contributed by atoms with Crippen molar-refractivity contribution in [1.29, 1.82) is 0 Å². The zero-order valence-electron chi connectivity index (χ0n) is 15.9. The standard InChI is InChI=1S/C20H27ClN4OS/c1-3-22-20(23-12-17(26)14-8-4-5-9-15(14)21)25(2)13-19-24-16-10-6-7-11-18(16)27-19/h4-5,8-9,17,26H,3,6-7,10-13H2,1-2H3,(H,22,23). The number of hydrogen-bond donors (Lipinski definition) is 2. The van der Waals surface area contributed by atoms with Gasteiger partial charge in [0.15, 0.2) is 5.96 Å². The van der Waals surface area contributed by atoms with Gasteiger partial charge in [0.2, 0.25) is 0 Å². The molecule has 1 unspecified atom stereocenters. The predicted octanol–water partition coefficient (Wildman–Crippen LogP) is 3.81. The summed E-state index contributed by atoms with van der Waals surface area (Å²) in [6.45, 7) is 3.77. The SMILES string of the molecule is CCNC(=NCC(O)c1ccccc1Cl)N(C)Cc1nc2c(s1)CCCC2. The van der Waals surface area contributed by atoms with Gasteiger partial charge in [-0.2, -0.15) is 0 Å². The molecule has 1 atom stereocenters. The zero-order valence-corrected chi connectivity index (χ0v) is 17.5. The average molecular weight is 407 g/mol. The van der Waals surface area contributed by atoms with Crippen molar-refractivity contribution in [3.63, 3.8) is 0 Å². The topological polar surface area (TPSA) is 60.8 Å². The molecule has 1 aromatic heterocycles. The second kappa shape index (κ2) is 9.53. The van der Waals surface area contributed by atoms with Crippen LogP contribution < -0.4 is 5.32 Å². The van der Waals surface area contributed by atoms with Crippen molar-refractivity contribution in [3.8, 4) is 0 Å². The Morgan fingerprint density at radius 2 is 2.15 bits per heavy atom. The maximum atomic E-state index is 10.5. The van der Waals surface area contributed by atoms with Crippen molar-refractivity contribution >= 4 is 28.9 Å². The van der Waals surface area contributed by atoms with Crippen LogP contribution in [-0.2, 0) is 19.4 Å². The molecule has 0 radical (unpaired) electrons. The Balaban J connectivity index is 1.67. The average Bonchev–Trinajstić information content (AvgIpc) is 3.07. The lowest BCUT2D eigenvalue weighted by Gasteiger charge is -2.21. The fraction of sp³-hybridized carbons (Fsp3) is 0.500. The van der Waals surface area contributed by atoms with E-state index in [4.69, 9.17) is 16.6 Å². The van der Waals surface area contributed by atoms with Crippen LogP contribution in [0.1, 0.15) is 47.0 Å². The van der Waals surface area contributed by atoms with Crippen molar-refractivity contribution in [2.24, 2.45) is 4.99 Å². The second-order valence-corrected chi connectivity index (χ2v) is 8.35. The molecule has 27 heavy (non-hydrogen) atoms. The second-order valence-electron chi connectivity index (χ2n) is 6.77. The smallest absolute Gasteiger partial charge is 0.194 e. The maximum Gasteiger partial charge on any atom is 0.194 e. The van der Waals surface area contributed by atoms with Crippen LogP contribution in [0, 0.1) is 0 Å². The molecule has 0 fully saturated rings. The molecule has 2 aromatic rings. The summed E-state index contributed by atoms with van der Waals surface area (Å²) >= 11 is 7.99. The Hall–Kier alpha value is -1.63. The highest BCUT2D eigenvalue weighted by atomic mass is 35.5. The molecule has 1 aliphatic carbocycles. The predicted molar refractivity (Wildman–Crippen MR) is 113 cm³/mol. The highest BCUT2D eigenvalue weighted by molar-refractivity contribution is 7.11. The van der Waals surface area contributed by atoms with Crippen molar-refractivity contribution < 1.29 is 5.11 Å². The number of guanidine groups is 1. The summed E-state index contributed by atoms with van der Waals surface area (Å²) in [5, 5.41) is 15.4. The van der Waals surface area contributed by atoms with Gasteiger partial charge in [-0.05, 0) is 38.7 Å². The number of benzene rings is 1. The summed E-state index contributed by atoms with van der Waals surface area (Å²) < 4.78 is 0. The lowest BCUT2D eigenvalue weighted by atomic mass is 10.0. The van der Waals surface area contributed by atoms with Gasteiger partial charge in [0, 0.05) is 29.1 Å². The van der Waals surface area contributed by atoms with Gasteiger partial charge in [-0.1, -0.05) is 29.8 Å². The first-order valence-electron chi connectivity index (χ1n) is 9.48. The molecule has 2 N–H and O–H groups in total. The van der Waals surface area contributed by atoms with Gasteiger partial charge in [-0.3, -0.25) is 4.99 Å². The number of aryl methyl sites for hydroxylation is 2. The van der Waals surface area contributed by atoms with E-state index in [2.05, 4.69) is 15.2 Å². The maximum absolute atomic E-state index is 10.5. The molecule has 1 aliphatic rings. The number of nitrogens with one attached hydrogen (secondary N) is 1. The summed E-state index contributed by atoms with van der Waals surface area (Å²) in [4.78, 5) is 12.9. The molecule has 0 saturated heterocycles. The summed E-state index contributed by atoms with van der Waals surface area (Å²) in [7, 11) is 2.00. The Bertz CT molecular complexity index is 769. The summed E-state index contributed by atoms with van der Waals surface area (Å²) in [6.07, 6.45) is 4.06. The number of nitrogens with zero attached hydrogens (tertiary/aromatic N) is 3. The summed E-state index contributed by atoms with van der Waals surface area (Å²) in [5.74, 6) is 0.761. The lowest BCUT2D eigenvalue weighted by Crippen LogP contribution is -2.38. The van der Waals surface area contributed by atoms with E-state index >= 15 is 0 Å². The third-order valence-electron chi connectivity index (χ3n) is 4.64. The molecule has 5 nitrogen and oxygen atoms in total. The molecule has 0 amide bonds. The minimum absolute atomic E-state index is 0.255. The summed E-state index contributed by atoms with van der Waals surface area (Å²) in [5.41, 5.74) is 1.99. The minimum Gasteiger partial charge on any atom is -0.386 e. The van der Waals surface area contributed by atoms with Gasteiger partial charge < -0.3 is 15.3 Å². The van der Waals surface area contributed by atoms with Gasteiger partial charge >= 0.3 is 0 Å². The van der Waals surface area contributed by atoms with E-state index in [0.29, 0.717) is 17.1 Å². The Kier molecular flexibility index (Phi) is 7.10. The van der Waals surface area contributed by atoms with Gasteiger partial charge in [-0.15, -0.1) is 11.3 Å². The lowest BCUT2D eigenvalue weighted by molar-refractivity contribution is 0.186. The fourth-order valence-electron chi connectivity index (χ4n) is 3.24. The largest absolute Gasteiger partial charge is 0.386 e. The first-order valence-corrected chi connectivity index (χ1v) is 10.7. The van der Waals surface area contributed by atoms with Crippen molar-refractivity contribution in [1.82, 2.24) is 15.2 Å². The van der Waals surface area contributed by atoms with E-state index in [1.54, 1.807) is 6.07 Å². The number of hydrogen-bond acceptors (Lipinski definition) is 4. The number of aliphatic hydroxyl groups is 1. The molecular weight excluding hydrogens is 380 g/mol.